The molecule has 70 valence electrons. The first-order valence-corrected chi connectivity index (χ1v) is 4.57. The molecule has 0 radical (unpaired) electrons. The van der Waals surface area contributed by atoms with E-state index < -0.39 is 0 Å². The van der Waals surface area contributed by atoms with Crippen LogP contribution in [0.4, 0.5) is 0 Å². The minimum atomic E-state index is 0.107. The van der Waals surface area contributed by atoms with Crippen molar-refractivity contribution in [1.82, 2.24) is 0 Å². The highest BCUT2D eigenvalue weighted by atomic mass is 16.5. The van der Waals surface area contributed by atoms with E-state index in [0.29, 0.717) is 0 Å². The molecular weight excluding hydrogens is 160 g/mol. The van der Waals surface area contributed by atoms with Crippen molar-refractivity contribution in [2.45, 2.75) is 26.1 Å². The summed E-state index contributed by atoms with van der Waals surface area (Å²) in [5.74, 6) is 0. The summed E-state index contributed by atoms with van der Waals surface area (Å²) in [6, 6.07) is 10.2. The van der Waals surface area contributed by atoms with Crippen LogP contribution in [0.2, 0.25) is 0 Å². The summed E-state index contributed by atoms with van der Waals surface area (Å²) in [5.41, 5.74) is 1.20. The lowest BCUT2D eigenvalue weighted by Gasteiger charge is -2.16. The maximum Gasteiger partial charge on any atom is 0.0804 e. The zero-order valence-corrected chi connectivity index (χ0v) is 8.23. The van der Waals surface area contributed by atoms with E-state index >= 15 is 0 Å². The Morgan fingerprint density at radius 3 is 2.38 bits per heavy atom. The van der Waals surface area contributed by atoms with E-state index in [1.165, 1.54) is 5.56 Å². The van der Waals surface area contributed by atoms with Gasteiger partial charge in [-0.2, -0.15) is 0 Å². The molecule has 1 rings (SSSR count). The van der Waals surface area contributed by atoms with Gasteiger partial charge in [0.15, 0.2) is 0 Å². The van der Waals surface area contributed by atoms with E-state index in [-0.39, 0.29) is 12.2 Å². The standard InChI is InChI=1S/C12H16O/c1-4-10(2)13-11(3)12-8-6-5-7-9-12/h4-11H,1H2,2-3H3. The number of hydrogen-bond donors (Lipinski definition) is 0. The zero-order chi connectivity index (χ0) is 9.68. The van der Waals surface area contributed by atoms with Crippen molar-refractivity contribution in [2.24, 2.45) is 0 Å². The van der Waals surface area contributed by atoms with E-state index in [4.69, 9.17) is 4.74 Å². The third-order valence-corrected chi connectivity index (χ3v) is 2.02. The molecule has 0 aromatic heterocycles. The fourth-order valence-corrected chi connectivity index (χ4v) is 1.18. The second-order valence-electron chi connectivity index (χ2n) is 3.13. The second kappa shape index (κ2) is 4.83. The molecular formula is C12H16O. The number of hydrogen-bond acceptors (Lipinski definition) is 1. The minimum Gasteiger partial charge on any atom is -0.367 e. The van der Waals surface area contributed by atoms with Crippen LogP contribution in [0.1, 0.15) is 25.5 Å². The van der Waals surface area contributed by atoms with E-state index in [1.54, 1.807) is 6.08 Å². The molecule has 1 aromatic carbocycles. The van der Waals surface area contributed by atoms with Crippen molar-refractivity contribution in [3.8, 4) is 0 Å². The van der Waals surface area contributed by atoms with Gasteiger partial charge in [0.05, 0.1) is 12.2 Å². The number of ether oxygens (including phenoxy) is 1. The van der Waals surface area contributed by atoms with Crippen LogP contribution in [0.15, 0.2) is 43.0 Å². The molecule has 0 amide bonds. The van der Waals surface area contributed by atoms with Gasteiger partial charge in [-0.05, 0) is 19.4 Å². The van der Waals surface area contributed by atoms with Crippen LogP contribution in [0.5, 0.6) is 0 Å². The van der Waals surface area contributed by atoms with Crippen molar-refractivity contribution < 1.29 is 4.74 Å². The fourth-order valence-electron chi connectivity index (χ4n) is 1.18. The minimum absolute atomic E-state index is 0.107. The molecule has 0 saturated carbocycles. The van der Waals surface area contributed by atoms with E-state index in [2.05, 4.69) is 25.6 Å². The summed E-state index contributed by atoms with van der Waals surface area (Å²) in [6.07, 6.45) is 2.05. The highest BCUT2D eigenvalue weighted by Gasteiger charge is 2.06. The zero-order valence-electron chi connectivity index (χ0n) is 8.23. The van der Waals surface area contributed by atoms with Gasteiger partial charge in [-0.25, -0.2) is 0 Å². The molecule has 2 unspecified atom stereocenters. The molecule has 1 nitrogen and oxygen atoms in total. The van der Waals surface area contributed by atoms with Gasteiger partial charge in [0.1, 0.15) is 0 Å². The van der Waals surface area contributed by atoms with Crippen LogP contribution >= 0.6 is 0 Å². The predicted octanol–water partition coefficient (Wildman–Crippen LogP) is 3.34. The molecule has 0 aliphatic rings. The van der Waals surface area contributed by atoms with Gasteiger partial charge >= 0.3 is 0 Å². The monoisotopic (exact) mass is 176 g/mol. The molecule has 0 spiro atoms. The summed E-state index contributed by atoms with van der Waals surface area (Å²) in [7, 11) is 0. The smallest absolute Gasteiger partial charge is 0.0804 e. The van der Waals surface area contributed by atoms with Gasteiger partial charge in [-0.15, -0.1) is 6.58 Å². The summed E-state index contributed by atoms with van der Waals surface area (Å²) < 4.78 is 5.67. The summed E-state index contributed by atoms with van der Waals surface area (Å²) >= 11 is 0. The molecule has 0 heterocycles. The van der Waals surface area contributed by atoms with E-state index in [1.807, 2.05) is 25.1 Å². The normalized spacial score (nSPS) is 14.9. The topological polar surface area (TPSA) is 9.23 Å². The molecule has 0 fully saturated rings. The molecule has 0 N–H and O–H groups in total. The van der Waals surface area contributed by atoms with Crippen molar-refractivity contribution in [2.75, 3.05) is 0 Å². The lowest BCUT2D eigenvalue weighted by molar-refractivity contribution is 0.0337. The molecule has 2 atom stereocenters. The Bertz CT molecular complexity index is 253. The van der Waals surface area contributed by atoms with Crippen molar-refractivity contribution in [1.29, 1.82) is 0 Å². The molecule has 0 saturated heterocycles. The van der Waals surface area contributed by atoms with Crippen molar-refractivity contribution in [3.05, 3.63) is 48.6 Å². The van der Waals surface area contributed by atoms with Crippen molar-refractivity contribution in [3.63, 3.8) is 0 Å². The summed E-state index contributed by atoms with van der Waals surface area (Å²) in [4.78, 5) is 0. The molecule has 0 aliphatic heterocycles. The third kappa shape index (κ3) is 3.03. The molecule has 1 aromatic rings. The van der Waals surface area contributed by atoms with Crippen LogP contribution < -0.4 is 0 Å². The lowest BCUT2D eigenvalue weighted by atomic mass is 10.1. The molecule has 1 heteroatoms. The molecule has 13 heavy (non-hydrogen) atoms. The van der Waals surface area contributed by atoms with Gasteiger partial charge in [0.25, 0.3) is 0 Å². The van der Waals surface area contributed by atoms with Gasteiger partial charge < -0.3 is 4.74 Å². The first kappa shape index (κ1) is 10.0. The first-order valence-electron chi connectivity index (χ1n) is 4.57. The maximum atomic E-state index is 5.67. The second-order valence-corrected chi connectivity index (χ2v) is 3.13. The largest absolute Gasteiger partial charge is 0.367 e. The van der Waals surface area contributed by atoms with E-state index in [0.717, 1.165) is 0 Å². The fraction of sp³-hybridized carbons (Fsp3) is 0.333. The highest BCUT2D eigenvalue weighted by molar-refractivity contribution is 5.16. The molecule has 0 aliphatic carbocycles. The van der Waals surface area contributed by atoms with Gasteiger partial charge in [0.2, 0.25) is 0 Å². The molecule has 0 bridgehead atoms. The lowest BCUT2D eigenvalue weighted by Crippen LogP contribution is -2.08. The van der Waals surface area contributed by atoms with Crippen LogP contribution in [0.3, 0.4) is 0 Å². The van der Waals surface area contributed by atoms with Gasteiger partial charge in [-0.1, -0.05) is 36.4 Å². The van der Waals surface area contributed by atoms with Crippen LogP contribution in [-0.4, -0.2) is 6.10 Å². The Kier molecular flexibility index (Phi) is 3.71. The highest BCUT2D eigenvalue weighted by Crippen LogP contribution is 2.17. The maximum absolute atomic E-state index is 5.67. The van der Waals surface area contributed by atoms with E-state index in [9.17, 15) is 0 Å². The average molecular weight is 176 g/mol. The first-order chi connectivity index (χ1) is 6.24. The van der Waals surface area contributed by atoms with Gasteiger partial charge in [0, 0.05) is 0 Å². The summed E-state index contributed by atoms with van der Waals surface area (Å²) in [5, 5.41) is 0. The summed E-state index contributed by atoms with van der Waals surface area (Å²) in [6.45, 7) is 7.73. The number of rotatable bonds is 4. The van der Waals surface area contributed by atoms with Gasteiger partial charge in [-0.3, -0.25) is 0 Å². The van der Waals surface area contributed by atoms with Crippen LogP contribution in [0, 0.1) is 0 Å². The van der Waals surface area contributed by atoms with Crippen LogP contribution in [0.25, 0.3) is 0 Å². The van der Waals surface area contributed by atoms with Crippen molar-refractivity contribution >= 4 is 0 Å². The average Bonchev–Trinajstić information content (AvgIpc) is 2.19. The van der Waals surface area contributed by atoms with Crippen LogP contribution in [-0.2, 0) is 4.74 Å². The number of benzene rings is 1. The third-order valence-electron chi connectivity index (χ3n) is 2.02. The Hall–Kier alpha value is -1.08. The quantitative estimate of drug-likeness (QED) is 0.639. The Morgan fingerprint density at radius 2 is 1.85 bits per heavy atom. The Balaban J connectivity index is 2.58. The Morgan fingerprint density at radius 1 is 1.23 bits per heavy atom. The predicted molar refractivity (Wildman–Crippen MR) is 55.6 cm³/mol. The SMILES string of the molecule is C=CC(C)OC(C)c1ccccc1. The Labute approximate surface area is 80.0 Å².